The maximum absolute atomic E-state index is 12.3. The molecule has 9 heteroatoms. The van der Waals surface area contributed by atoms with Crippen molar-refractivity contribution in [3.05, 3.63) is 30.2 Å². The molecule has 0 fully saturated rings. The summed E-state index contributed by atoms with van der Waals surface area (Å²) < 4.78 is 41.2. The van der Waals surface area contributed by atoms with Crippen molar-refractivity contribution in [3.63, 3.8) is 0 Å². The molecule has 0 saturated carbocycles. The van der Waals surface area contributed by atoms with Crippen molar-refractivity contribution < 1.29 is 17.7 Å². The second kappa shape index (κ2) is 5.45. The number of nitrogens with one attached hydrogen (secondary N) is 2. The summed E-state index contributed by atoms with van der Waals surface area (Å²) in [4.78, 5) is 3.30. The lowest BCUT2D eigenvalue weighted by molar-refractivity contribution is -0.159. The third-order valence-electron chi connectivity index (χ3n) is 2.30. The first kappa shape index (κ1) is 14.3. The van der Waals surface area contributed by atoms with Gasteiger partial charge in [0.15, 0.2) is 5.11 Å². The van der Waals surface area contributed by atoms with Crippen LogP contribution in [0.15, 0.2) is 28.8 Å². The second-order valence-corrected chi connectivity index (χ2v) is 4.11. The molecule has 2 aromatic rings. The lowest BCUT2D eigenvalue weighted by Crippen LogP contribution is -2.23. The van der Waals surface area contributed by atoms with E-state index < -0.39 is 12.1 Å². The summed E-state index contributed by atoms with van der Waals surface area (Å²) in [5, 5.41) is 9.33. The summed E-state index contributed by atoms with van der Waals surface area (Å²) in [6.45, 7) is 0. The van der Waals surface area contributed by atoms with Crippen LogP contribution < -0.4 is 10.6 Å². The number of nitrogens with zero attached hydrogens (tertiary/aromatic N) is 2. The Balaban J connectivity index is 2.18. The lowest BCUT2D eigenvalue weighted by atomic mass is 10.2. The highest BCUT2D eigenvalue weighted by Gasteiger charge is 2.38. The molecule has 0 amide bonds. The van der Waals surface area contributed by atoms with E-state index in [4.69, 9.17) is 12.2 Å². The molecule has 0 aliphatic carbocycles. The van der Waals surface area contributed by atoms with Crippen molar-refractivity contribution in [1.82, 2.24) is 15.5 Å². The van der Waals surface area contributed by atoms with Crippen molar-refractivity contribution in [2.75, 3.05) is 12.4 Å². The minimum absolute atomic E-state index is 0.125. The molecule has 1 aromatic heterocycles. The van der Waals surface area contributed by atoms with Gasteiger partial charge in [-0.2, -0.15) is 18.2 Å². The maximum atomic E-state index is 12.3. The summed E-state index contributed by atoms with van der Waals surface area (Å²) in [5.74, 6) is -1.49. The third-order valence-corrected chi connectivity index (χ3v) is 2.60. The number of thiocarbonyl (C=S) groups is 1. The smallest absolute Gasteiger partial charge is 0.366 e. The SMILES string of the molecule is CNC(=S)Nc1ccc(-c2noc(C(F)(F)F)n2)cc1. The first-order chi connectivity index (χ1) is 9.40. The zero-order valence-electron chi connectivity index (χ0n) is 10.2. The summed E-state index contributed by atoms with van der Waals surface area (Å²) >= 11 is 4.92. The Morgan fingerprint density at radius 2 is 1.90 bits per heavy atom. The van der Waals surface area contributed by atoms with Gasteiger partial charge in [-0.1, -0.05) is 5.16 Å². The van der Waals surface area contributed by atoms with Crippen molar-refractivity contribution in [2.24, 2.45) is 0 Å². The lowest BCUT2D eigenvalue weighted by Gasteiger charge is -2.06. The van der Waals surface area contributed by atoms with Crippen LogP contribution in [0.25, 0.3) is 11.4 Å². The quantitative estimate of drug-likeness (QED) is 0.832. The topological polar surface area (TPSA) is 63.0 Å². The monoisotopic (exact) mass is 302 g/mol. The Bertz CT molecular complexity index is 609. The van der Waals surface area contributed by atoms with Gasteiger partial charge in [0.25, 0.3) is 0 Å². The highest BCUT2D eigenvalue weighted by molar-refractivity contribution is 7.80. The predicted octanol–water partition coefficient (Wildman–Crippen LogP) is 2.67. The third kappa shape index (κ3) is 3.23. The fraction of sp³-hybridized carbons (Fsp3) is 0.182. The van der Waals surface area contributed by atoms with E-state index in [2.05, 4.69) is 25.3 Å². The Labute approximate surface area is 117 Å². The molecule has 0 saturated heterocycles. The zero-order valence-corrected chi connectivity index (χ0v) is 11.0. The van der Waals surface area contributed by atoms with E-state index in [0.29, 0.717) is 16.4 Å². The number of halogens is 3. The predicted molar refractivity (Wildman–Crippen MR) is 70.0 cm³/mol. The molecule has 0 atom stereocenters. The van der Waals surface area contributed by atoms with E-state index in [0.717, 1.165) is 0 Å². The Morgan fingerprint density at radius 3 is 2.40 bits per heavy atom. The van der Waals surface area contributed by atoms with Crippen molar-refractivity contribution in [2.45, 2.75) is 6.18 Å². The van der Waals surface area contributed by atoms with Crippen LogP contribution in [0.1, 0.15) is 5.89 Å². The van der Waals surface area contributed by atoms with E-state index in [1.165, 1.54) is 0 Å². The summed E-state index contributed by atoms with van der Waals surface area (Å²) in [6.07, 6.45) is -4.65. The first-order valence-corrected chi connectivity index (χ1v) is 5.81. The molecule has 0 aliphatic heterocycles. The van der Waals surface area contributed by atoms with Crippen LogP contribution in [-0.4, -0.2) is 22.3 Å². The highest BCUT2D eigenvalue weighted by Crippen LogP contribution is 2.29. The van der Waals surface area contributed by atoms with Gasteiger partial charge in [-0.3, -0.25) is 0 Å². The molecule has 5 nitrogen and oxygen atoms in total. The molecule has 2 N–H and O–H groups in total. The van der Waals surface area contributed by atoms with Crippen LogP contribution in [0, 0.1) is 0 Å². The Hall–Kier alpha value is -2.16. The largest absolute Gasteiger partial charge is 0.471 e. The number of anilines is 1. The average Bonchev–Trinajstić information content (AvgIpc) is 2.89. The van der Waals surface area contributed by atoms with Crippen molar-refractivity contribution in [3.8, 4) is 11.4 Å². The normalized spacial score (nSPS) is 11.2. The average molecular weight is 302 g/mol. The second-order valence-electron chi connectivity index (χ2n) is 3.70. The van der Waals surface area contributed by atoms with Gasteiger partial charge >= 0.3 is 12.1 Å². The van der Waals surface area contributed by atoms with E-state index in [1.54, 1.807) is 31.3 Å². The highest BCUT2D eigenvalue weighted by atomic mass is 32.1. The van der Waals surface area contributed by atoms with Crippen LogP contribution in [0.2, 0.25) is 0 Å². The van der Waals surface area contributed by atoms with Gasteiger partial charge < -0.3 is 15.2 Å². The summed E-state index contributed by atoms with van der Waals surface area (Å²) in [5.41, 5.74) is 1.10. The van der Waals surface area contributed by atoms with Gasteiger partial charge in [0.05, 0.1) is 0 Å². The minimum Gasteiger partial charge on any atom is -0.366 e. The molecular weight excluding hydrogens is 293 g/mol. The van der Waals surface area contributed by atoms with Gasteiger partial charge in [-0.15, -0.1) is 0 Å². The molecule has 1 heterocycles. The molecule has 0 bridgehead atoms. The number of rotatable bonds is 2. The number of hydrogen-bond acceptors (Lipinski definition) is 4. The van der Waals surface area contributed by atoms with Crippen molar-refractivity contribution in [1.29, 1.82) is 0 Å². The molecule has 20 heavy (non-hydrogen) atoms. The fourth-order valence-electron chi connectivity index (χ4n) is 1.35. The van der Waals surface area contributed by atoms with Gasteiger partial charge in [0.1, 0.15) is 0 Å². The minimum atomic E-state index is -4.65. The molecule has 0 radical (unpaired) electrons. The number of benzene rings is 1. The van der Waals surface area contributed by atoms with Gasteiger partial charge in [-0.25, -0.2) is 0 Å². The molecule has 1 aromatic carbocycles. The standard InChI is InChI=1S/C11H9F3N4OS/c1-15-10(20)16-7-4-2-6(3-5-7)8-17-9(19-18-8)11(12,13)14/h2-5H,1H3,(H2,15,16,20). The molecule has 106 valence electrons. The fourth-order valence-corrected chi connectivity index (χ4v) is 1.47. The van der Waals surface area contributed by atoms with E-state index in [1.807, 2.05) is 0 Å². The van der Waals surface area contributed by atoms with Crippen LogP contribution in [0.3, 0.4) is 0 Å². The molecule has 0 unspecified atom stereocenters. The van der Waals surface area contributed by atoms with E-state index in [-0.39, 0.29) is 5.82 Å². The molecule has 0 spiro atoms. The summed E-state index contributed by atoms with van der Waals surface area (Å²) in [6, 6.07) is 6.41. The van der Waals surface area contributed by atoms with Gasteiger partial charge in [0, 0.05) is 18.3 Å². The molecule has 0 aliphatic rings. The number of aromatic nitrogens is 2. The maximum Gasteiger partial charge on any atom is 0.471 e. The Morgan fingerprint density at radius 1 is 1.25 bits per heavy atom. The van der Waals surface area contributed by atoms with Crippen LogP contribution >= 0.6 is 12.2 Å². The van der Waals surface area contributed by atoms with Gasteiger partial charge in [-0.05, 0) is 36.5 Å². The van der Waals surface area contributed by atoms with Gasteiger partial charge in [0.2, 0.25) is 5.82 Å². The van der Waals surface area contributed by atoms with Crippen LogP contribution in [-0.2, 0) is 6.18 Å². The summed E-state index contributed by atoms with van der Waals surface area (Å²) in [7, 11) is 1.67. The van der Waals surface area contributed by atoms with E-state index >= 15 is 0 Å². The first-order valence-electron chi connectivity index (χ1n) is 5.40. The van der Waals surface area contributed by atoms with Crippen LogP contribution in [0.4, 0.5) is 18.9 Å². The number of hydrogen-bond donors (Lipinski definition) is 2. The zero-order chi connectivity index (χ0) is 14.8. The van der Waals surface area contributed by atoms with E-state index in [9.17, 15) is 13.2 Å². The molecule has 2 rings (SSSR count). The van der Waals surface area contributed by atoms with Crippen LogP contribution in [0.5, 0.6) is 0 Å². The van der Waals surface area contributed by atoms with Crippen molar-refractivity contribution >= 4 is 23.0 Å². The molecular formula is C11H9F3N4OS. The Kier molecular flexibility index (Phi) is 3.89. The number of alkyl halides is 3.